The molecule has 5 heteroatoms. The van der Waals surface area contributed by atoms with Crippen LogP contribution in [0.15, 0.2) is 60.7 Å². The van der Waals surface area contributed by atoms with Crippen molar-refractivity contribution < 1.29 is 19.2 Å². The number of carbonyl (C=O) groups is 2. The second-order valence-electron chi connectivity index (χ2n) is 5.77. The van der Waals surface area contributed by atoms with Crippen molar-refractivity contribution in [1.82, 2.24) is 5.06 Å². The average Bonchev–Trinajstić information content (AvgIpc) is 3.36. The predicted octanol–water partition coefficient (Wildman–Crippen LogP) is 2.85. The van der Waals surface area contributed by atoms with Gasteiger partial charge < -0.3 is 9.57 Å². The van der Waals surface area contributed by atoms with E-state index in [1.54, 1.807) is 24.3 Å². The van der Waals surface area contributed by atoms with Crippen molar-refractivity contribution in [3.05, 3.63) is 71.8 Å². The molecule has 1 atom stereocenters. The Morgan fingerprint density at radius 3 is 2.26 bits per heavy atom. The highest BCUT2D eigenvalue weighted by Gasteiger charge is 2.66. The number of nitrogens with zero attached hydrogens (tertiary/aromatic N) is 1. The van der Waals surface area contributed by atoms with E-state index in [0.717, 1.165) is 5.56 Å². The van der Waals surface area contributed by atoms with Gasteiger partial charge in [0.15, 0.2) is 5.54 Å². The van der Waals surface area contributed by atoms with Gasteiger partial charge in [0.1, 0.15) is 0 Å². The quantitative estimate of drug-likeness (QED) is 0.816. The molecule has 4 rings (SSSR count). The number of hydroxylamine groups is 2. The second-order valence-corrected chi connectivity index (χ2v) is 5.77. The molecule has 1 aliphatic carbocycles. The molecule has 1 saturated heterocycles. The molecule has 0 bridgehead atoms. The van der Waals surface area contributed by atoms with E-state index >= 15 is 0 Å². The summed E-state index contributed by atoms with van der Waals surface area (Å²) in [6.07, 6.45) is 0.577. The van der Waals surface area contributed by atoms with Gasteiger partial charge in [-0.2, -0.15) is 0 Å². The first-order chi connectivity index (χ1) is 11.2. The summed E-state index contributed by atoms with van der Waals surface area (Å²) in [5.74, 6) is -0.816. The minimum absolute atomic E-state index is 0.327. The van der Waals surface area contributed by atoms with Crippen LogP contribution >= 0.6 is 0 Å². The van der Waals surface area contributed by atoms with Crippen molar-refractivity contribution in [3.63, 3.8) is 0 Å². The maximum absolute atomic E-state index is 12.4. The van der Waals surface area contributed by atoms with Gasteiger partial charge in [0, 0.05) is 5.56 Å². The molecule has 2 fully saturated rings. The SMILES string of the molecule is O=C(ON1[C@@H](c2ccccc2)OC(=O)C12CC2)c1ccccc1. The van der Waals surface area contributed by atoms with Gasteiger partial charge in [-0.05, 0) is 25.0 Å². The third-order valence-corrected chi connectivity index (χ3v) is 4.23. The van der Waals surface area contributed by atoms with Gasteiger partial charge in [0.2, 0.25) is 6.23 Å². The van der Waals surface area contributed by atoms with Gasteiger partial charge in [-0.15, -0.1) is 0 Å². The third-order valence-electron chi connectivity index (χ3n) is 4.23. The van der Waals surface area contributed by atoms with E-state index in [1.807, 2.05) is 36.4 Å². The Balaban J connectivity index is 1.63. The Kier molecular flexibility index (Phi) is 3.16. The van der Waals surface area contributed by atoms with Crippen LogP contribution < -0.4 is 0 Å². The molecule has 1 heterocycles. The summed E-state index contributed by atoms with van der Waals surface area (Å²) in [4.78, 5) is 30.1. The Morgan fingerprint density at radius 1 is 1.04 bits per heavy atom. The predicted molar refractivity (Wildman–Crippen MR) is 80.9 cm³/mol. The van der Waals surface area contributed by atoms with Gasteiger partial charge in [-0.1, -0.05) is 53.6 Å². The van der Waals surface area contributed by atoms with Crippen molar-refractivity contribution >= 4 is 11.9 Å². The molecular formula is C18H15NO4. The fraction of sp³-hybridized carbons (Fsp3) is 0.222. The zero-order valence-electron chi connectivity index (χ0n) is 12.3. The summed E-state index contributed by atoms with van der Waals surface area (Å²) < 4.78 is 5.48. The Bertz CT molecular complexity index is 740. The van der Waals surface area contributed by atoms with Crippen molar-refractivity contribution in [3.8, 4) is 0 Å². The van der Waals surface area contributed by atoms with E-state index in [0.29, 0.717) is 18.4 Å². The third kappa shape index (κ3) is 2.29. The van der Waals surface area contributed by atoms with Gasteiger partial charge in [0.05, 0.1) is 5.56 Å². The first-order valence-corrected chi connectivity index (χ1v) is 7.53. The number of cyclic esters (lactones) is 1. The minimum Gasteiger partial charge on any atom is -0.437 e. The Morgan fingerprint density at radius 2 is 1.65 bits per heavy atom. The van der Waals surface area contributed by atoms with Gasteiger partial charge in [-0.3, -0.25) is 0 Å². The number of rotatable bonds is 3. The smallest absolute Gasteiger partial charge is 0.357 e. The van der Waals surface area contributed by atoms with Crippen molar-refractivity contribution in [1.29, 1.82) is 0 Å². The topological polar surface area (TPSA) is 55.8 Å². The molecule has 5 nitrogen and oxygen atoms in total. The van der Waals surface area contributed by atoms with E-state index in [2.05, 4.69) is 0 Å². The molecule has 1 aliphatic heterocycles. The van der Waals surface area contributed by atoms with Crippen LogP contribution in [0.1, 0.15) is 35.0 Å². The summed E-state index contributed by atoms with van der Waals surface area (Å²) in [7, 11) is 0. The molecule has 0 amide bonds. The lowest BCUT2D eigenvalue weighted by Crippen LogP contribution is -2.38. The lowest BCUT2D eigenvalue weighted by atomic mass is 10.2. The number of hydrogen-bond acceptors (Lipinski definition) is 5. The molecule has 0 unspecified atom stereocenters. The van der Waals surface area contributed by atoms with E-state index in [1.165, 1.54) is 5.06 Å². The van der Waals surface area contributed by atoms with Crippen LogP contribution in [0.5, 0.6) is 0 Å². The highest BCUT2D eigenvalue weighted by Crippen LogP contribution is 2.52. The molecule has 23 heavy (non-hydrogen) atoms. The molecule has 0 radical (unpaired) electrons. The average molecular weight is 309 g/mol. The molecule has 0 N–H and O–H groups in total. The minimum atomic E-state index is -0.815. The van der Waals surface area contributed by atoms with E-state index in [4.69, 9.17) is 9.57 Å². The molecule has 2 aromatic carbocycles. The molecule has 1 saturated carbocycles. The zero-order chi connectivity index (χ0) is 15.9. The summed E-state index contributed by atoms with van der Waals surface area (Å²) in [6.45, 7) is 0. The largest absolute Gasteiger partial charge is 0.437 e. The van der Waals surface area contributed by atoms with Crippen molar-refractivity contribution in [2.75, 3.05) is 0 Å². The van der Waals surface area contributed by atoms with Crippen LogP contribution in [-0.2, 0) is 14.4 Å². The van der Waals surface area contributed by atoms with E-state index in [-0.39, 0.29) is 5.97 Å². The van der Waals surface area contributed by atoms with Gasteiger partial charge in [-0.25, -0.2) is 9.59 Å². The monoisotopic (exact) mass is 309 g/mol. The Hall–Kier alpha value is -2.66. The van der Waals surface area contributed by atoms with Crippen LogP contribution in [-0.4, -0.2) is 22.5 Å². The summed E-state index contributed by atoms with van der Waals surface area (Å²) in [6, 6.07) is 18.0. The fourth-order valence-electron chi connectivity index (χ4n) is 2.79. The zero-order valence-corrected chi connectivity index (χ0v) is 12.3. The van der Waals surface area contributed by atoms with Crippen LogP contribution in [0.25, 0.3) is 0 Å². The normalized spacial score (nSPS) is 21.9. The highest BCUT2D eigenvalue weighted by atomic mass is 16.8. The lowest BCUT2D eigenvalue weighted by Gasteiger charge is -2.24. The second kappa shape index (κ2) is 5.21. The maximum Gasteiger partial charge on any atom is 0.357 e. The molecule has 2 aromatic rings. The summed E-state index contributed by atoms with van der Waals surface area (Å²) in [5, 5.41) is 1.43. The van der Waals surface area contributed by atoms with Gasteiger partial charge in [0.25, 0.3) is 0 Å². The molecular weight excluding hydrogens is 294 g/mol. The van der Waals surface area contributed by atoms with Crippen LogP contribution in [0.4, 0.5) is 0 Å². The Labute approximate surface area is 133 Å². The first kappa shape index (κ1) is 14.0. The summed E-state index contributed by atoms with van der Waals surface area (Å²) >= 11 is 0. The number of carbonyl (C=O) groups excluding carboxylic acids is 2. The lowest BCUT2D eigenvalue weighted by molar-refractivity contribution is -0.184. The molecule has 116 valence electrons. The maximum atomic E-state index is 12.4. The van der Waals surface area contributed by atoms with Crippen LogP contribution in [0, 0.1) is 0 Å². The number of benzene rings is 2. The number of hydrogen-bond donors (Lipinski definition) is 0. The standard InChI is InChI=1S/C18H15NO4/c20-16(14-9-5-2-6-10-14)23-19-15(13-7-3-1-4-8-13)22-17(21)18(19)11-12-18/h1-10,15H,11-12H2/t15-/m1/s1. The highest BCUT2D eigenvalue weighted by molar-refractivity contribution is 5.90. The van der Waals surface area contributed by atoms with Crippen LogP contribution in [0.2, 0.25) is 0 Å². The van der Waals surface area contributed by atoms with Crippen LogP contribution in [0.3, 0.4) is 0 Å². The van der Waals surface area contributed by atoms with Crippen molar-refractivity contribution in [2.45, 2.75) is 24.6 Å². The number of esters is 1. The van der Waals surface area contributed by atoms with Crippen molar-refractivity contribution in [2.24, 2.45) is 0 Å². The molecule has 2 aliphatic rings. The summed E-state index contributed by atoms with van der Waals surface area (Å²) in [5.41, 5.74) is 0.408. The first-order valence-electron chi connectivity index (χ1n) is 7.53. The van der Waals surface area contributed by atoms with E-state index < -0.39 is 17.7 Å². The van der Waals surface area contributed by atoms with Gasteiger partial charge >= 0.3 is 11.9 Å². The molecule has 1 spiro atoms. The fourth-order valence-corrected chi connectivity index (χ4v) is 2.79. The van der Waals surface area contributed by atoms with E-state index in [9.17, 15) is 9.59 Å². The number of ether oxygens (including phenoxy) is 1. The molecule has 0 aromatic heterocycles.